The van der Waals surface area contributed by atoms with Gasteiger partial charge in [-0.3, -0.25) is 5.21 Å². The molecule has 0 aliphatic heterocycles. The quantitative estimate of drug-likeness (QED) is 0.849. The van der Waals surface area contributed by atoms with Gasteiger partial charge in [-0.15, -0.1) is 0 Å². The molecular weight excluding hydrogens is 263 g/mol. The average molecular weight is 275 g/mol. The van der Waals surface area contributed by atoms with E-state index in [2.05, 4.69) is 4.98 Å². The molecule has 1 aromatic heterocycles. The molecule has 5 nitrogen and oxygen atoms in total. The van der Waals surface area contributed by atoms with Crippen molar-refractivity contribution in [3.8, 4) is 5.88 Å². The molecule has 0 aliphatic rings. The average Bonchev–Trinajstić information content (AvgIpc) is 2.45. The van der Waals surface area contributed by atoms with Crippen molar-refractivity contribution in [2.75, 3.05) is 0 Å². The molecule has 0 amide bonds. The lowest BCUT2D eigenvalue weighted by Gasteiger charge is -2.14. The molecule has 2 rings (SSSR count). The van der Waals surface area contributed by atoms with Crippen molar-refractivity contribution in [1.29, 1.82) is 0 Å². The summed E-state index contributed by atoms with van der Waals surface area (Å²) in [6, 6.07) is 9.32. The third-order valence-electron chi connectivity index (χ3n) is 2.45. The second kappa shape index (κ2) is 6.65. The Bertz CT molecular complexity index is 568. The van der Waals surface area contributed by atoms with Crippen LogP contribution in [-0.2, 0) is 6.61 Å². The smallest absolute Gasteiger partial charge is 0.213 e. The topological polar surface area (TPSA) is 68.7 Å². The van der Waals surface area contributed by atoms with Crippen LogP contribution < -0.4 is 4.74 Å². The Morgan fingerprint density at radius 2 is 2.00 bits per heavy atom. The molecule has 20 heavy (non-hydrogen) atoms. The summed E-state index contributed by atoms with van der Waals surface area (Å²) in [5.41, 5.74) is 1.48. The lowest BCUT2D eigenvalue weighted by Crippen LogP contribution is -1.98. The molecule has 1 aromatic carbocycles. The van der Waals surface area contributed by atoms with Crippen LogP contribution in [0.5, 0.6) is 5.88 Å². The minimum absolute atomic E-state index is 0.285. The first-order valence-electron chi connectivity index (χ1n) is 5.80. The van der Waals surface area contributed by atoms with Gasteiger partial charge in [0.05, 0.1) is 0 Å². The summed E-state index contributed by atoms with van der Waals surface area (Å²) >= 11 is 0. The van der Waals surface area contributed by atoms with E-state index >= 15 is 0 Å². The highest BCUT2D eigenvalue weighted by atomic mass is 19.1. The minimum Gasteiger partial charge on any atom is -0.734 e. The van der Waals surface area contributed by atoms with Gasteiger partial charge in [0.15, 0.2) is 0 Å². The van der Waals surface area contributed by atoms with Crippen molar-refractivity contribution in [2.24, 2.45) is 0 Å². The maximum atomic E-state index is 12.7. The van der Waals surface area contributed by atoms with Crippen LogP contribution in [0, 0.1) is 11.0 Å². The Labute approximate surface area is 115 Å². The highest BCUT2D eigenvalue weighted by Crippen LogP contribution is 2.12. The maximum absolute atomic E-state index is 12.7. The molecule has 0 radical (unpaired) electrons. The van der Waals surface area contributed by atoms with E-state index in [0.717, 1.165) is 11.8 Å². The summed E-state index contributed by atoms with van der Waals surface area (Å²) < 4.78 is 18.2. The van der Waals surface area contributed by atoms with E-state index in [1.54, 1.807) is 24.3 Å². The maximum Gasteiger partial charge on any atom is 0.213 e. The third kappa shape index (κ3) is 4.34. The van der Waals surface area contributed by atoms with Crippen LogP contribution >= 0.6 is 0 Å². The van der Waals surface area contributed by atoms with E-state index in [4.69, 9.17) is 9.94 Å². The predicted octanol–water partition coefficient (Wildman–Crippen LogP) is 2.96. The van der Waals surface area contributed by atoms with Gasteiger partial charge < -0.3 is 15.2 Å². The van der Waals surface area contributed by atoms with Gasteiger partial charge in [-0.1, -0.05) is 12.1 Å². The second-order valence-electron chi connectivity index (χ2n) is 3.96. The largest absolute Gasteiger partial charge is 0.734 e. The first-order chi connectivity index (χ1) is 9.63. The molecule has 0 bridgehead atoms. The Balaban J connectivity index is 1.92. The molecule has 1 N–H and O–H groups in total. The lowest BCUT2D eigenvalue weighted by molar-refractivity contribution is 0.0129. The van der Waals surface area contributed by atoms with E-state index in [1.165, 1.54) is 24.4 Å². The van der Waals surface area contributed by atoms with Gasteiger partial charge >= 0.3 is 0 Å². The van der Waals surface area contributed by atoms with Gasteiger partial charge in [-0.05, 0) is 35.4 Å². The summed E-state index contributed by atoms with van der Waals surface area (Å²) in [4.78, 5) is 4.04. The second-order valence-corrected chi connectivity index (χ2v) is 3.96. The first-order valence-corrected chi connectivity index (χ1v) is 5.80. The normalized spacial score (nSPS) is 10.8. The Morgan fingerprint density at radius 1 is 1.25 bits per heavy atom. The summed E-state index contributed by atoms with van der Waals surface area (Å²) in [6.07, 6.45) is 3.86. The fraction of sp³-hybridized carbons (Fsp3) is 0.0714. The molecule has 0 saturated heterocycles. The number of halogens is 1. The number of hydroxylamine groups is 2. The van der Waals surface area contributed by atoms with Gasteiger partial charge in [0, 0.05) is 18.5 Å². The van der Waals surface area contributed by atoms with Crippen LogP contribution in [0.4, 0.5) is 4.39 Å². The van der Waals surface area contributed by atoms with E-state index in [1.807, 2.05) is 0 Å². The zero-order chi connectivity index (χ0) is 14.4. The molecule has 0 saturated carbocycles. The molecule has 6 heteroatoms. The lowest BCUT2D eigenvalue weighted by atomic mass is 10.2. The van der Waals surface area contributed by atoms with Crippen LogP contribution in [0.2, 0.25) is 0 Å². The van der Waals surface area contributed by atoms with Crippen molar-refractivity contribution in [3.63, 3.8) is 0 Å². The summed E-state index contributed by atoms with van der Waals surface area (Å²) in [5, 5.41) is 18.4. The van der Waals surface area contributed by atoms with Gasteiger partial charge in [-0.2, -0.15) is 0 Å². The van der Waals surface area contributed by atoms with E-state index < -0.39 is 0 Å². The fourth-order valence-corrected chi connectivity index (χ4v) is 1.46. The van der Waals surface area contributed by atoms with E-state index in [0.29, 0.717) is 11.4 Å². The Kier molecular flexibility index (Phi) is 4.65. The summed E-state index contributed by atoms with van der Waals surface area (Å²) in [6.45, 7) is 0.285. The summed E-state index contributed by atoms with van der Waals surface area (Å²) in [5.74, 6) is 0.119. The standard InChI is InChI=1S/C14H12FN2O3/c15-13-4-1-12(2-5-13)10-20-14-6-3-11(9-16-14)7-8-17(18)19/h1-9,18H,10H2/q-1/b8-7+. The molecular formula is C14H12FN2O3-. The van der Waals surface area contributed by atoms with Crippen LogP contribution in [-0.4, -0.2) is 15.4 Å². The SMILES string of the molecule is [O-]N(O)/C=C/c1ccc(OCc2ccc(F)cc2)nc1. The zero-order valence-corrected chi connectivity index (χ0v) is 10.4. The number of nitrogens with zero attached hydrogens (tertiary/aromatic N) is 2. The van der Waals surface area contributed by atoms with Gasteiger partial charge in [-0.25, -0.2) is 9.37 Å². The minimum atomic E-state index is -0.293. The van der Waals surface area contributed by atoms with Gasteiger partial charge in [0.2, 0.25) is 5.88 Å². The molecule has 0 unspecified atom stereocenters. The molecule has 1 heterocycles. The van der Waals surface area contributed by atoms with E-state index in [-0.39, 0.29) is 17.7 Å². The van der Waals surface area contributed by atoms with Crippen LogP contribution in [0.1, 0.15) is 11.1 Å². The highest BCUT2D eigenvalue weighted by Gasteiger charge is 1.98. The molecule has 0 fully saturated rings. The predicted molar refractivity (Wildman–Crippen MR) is 71.0 cm³/mol. The van der Waals surface area contributed by atoms with E-state index in [9.17, 15) is 9.60 Å². The van der Waals surface area contributed by atoms with Gasteiger partial charge in [0.1, 0.15) is 12.4 Å². The molecule has 0 aliphatic carbocycles. The number of hydrogen-bond acceptors (Lipinski definition) is 5. The van der Waals surface area contributed by atoms with Crippen molar-refractivity contribution in [2.45, 2.75) is 6.61 Å². The van der Waals surface area contributed by atoms with Crippen LogP contribution in [0.15, 0.2) is 48.8 Å². The number of hydrogen-bond donors (Lipinski definition) is 1. The first kappa shape index (κ1) is 14.0. The molecule has 104 valence electrons. The third-order valence-corrected chi connectivity index (χ3v) is 2.45. The van der Waals surface area contributed by atoms with Gasteiger partial charge in [0.25, 0.3) is 0 Å². The Morgan fingerprint density at radius 3 is 2.60 bits per heavy atom. The molecule has 0 spiro atoms. The van der Waals surface area contributed by atoms with Crippen LogP contribution in [0.3, 0.4) is 0 Å². The number of rotatable bonds is 5. The number of pyridine rings is 1. The number of ether oxygens (including phenoxy) is 1. The van der Waals surface area contributed by atoms with Crippen molar-refractivity contribution >= 4 is 6.08 Å². The fourth-order valence-electron chi connectivity index (χ4n) is 1.46. The van der Waals surface area contributed by atoms with Crippen molar-refractivity contribution in [3.05, 3.63) is 70.9 Å². The number of benzene rings is 1. The monoisotopic (exact) mass is 275 g/mol. The highest BCUT2D eigenvalue weighted by molar-refractivity contribution is 5.47. The van der Waals surface area contributed by atoms with Crippen molar-refractivity contribution in [1.82, 2.24) is 10.2 Å². The molecule has 2 aromatic rings. The van der Waals surface area contributed by atoms with Crippen LogP contribution in [0.25, 0.3) is 6.08 Å². The zero-order valence-electron chi connectivity index (χ0n) is 10.4. The number of aromatic nitrogens is 1. The Hall–Kier alpha value is -2.44. The molecule has 0 atom stereocenters. The van der Waals surface area contributed by atoms with Crippen molar-refractivity contribution < 1.29 is 14.3 Å². The summed E-state index contributed by atoms with van der Waals surface area (Å²) in [7, 11) is 0.